The van der Waals surface area contributed by atoms with Crippen LogP contribution in [0.2, 0.25) is 0 Å². The molecule has 1 N–H and O–H groups in total. The van der Waals surface area contributed by atoms with Gasteiger partial charge in [0, 0.05) is 16.7 Å². The molecule has 0 bridgehead atoms. The topological polar surface area (TPSA) is 55.8 Å². The number of ether oxygens (including phenoxy) is 2. The number of carboxylic acid groups (broad SMARTS) is 1. The van der Waals surface area contributed by atoms with Gasteiger partial charge >= 0.3 is 5.97 Å². The maximum atomic E-state index is 11.2. The zero-order valence-electron chi connectivity index (χ0n) is 18.3. The van der Waals surface area contributed by atoms with Gasteiger partial charge in [-0.15, -0.1) is 0 Å². The number of aromatic carboxylic acids is 1. The Hall–Kier alpha value is -2.75. The summed E-state index contributed by atoms with van der Waals surface area (Å²) in [6.45, 7) is 13.5. The zero-order valence-corrected chi connectivity index (χ0v) is 18.3. The van der Waals surface area contributed by atoms with Gasteiger partial charge in [0.05, 0.1) is 12.7 Å². The van der Waals surface area contributed by atoms with Gasteiger partial charge in [0.2, 0.25) is 0 Å². The average Bonchev–Trinajstić information content (AvgIpc) is 2.64. The maximum absolute atomic E-state index is 11.2. The number of rotatable bonds is 3. The van der Waals surface area contributed by atoms with Crippen molar-refractivity contribution >= 4 is 17.6 Å². The average molecular weight is 395 g/mol. The van der Waals surface area contributed by atoms with E-state index < -0.39 is 5.97 Å². The van der Waals surface area contributed by atoms with Crippen LogP contribution in [-0.4, -0.2) is 24.8 Å². The van der Waals surface area contributed by atoms with E-state index in [-0.39, 0.29) is 16.4 Å². The molecule has 0 aromatic heterocycles. The molecule has 0 saturated heterocycles. The molecule has 154 valence electrons. The van der Waals surface area contributed by atoms with Gasteiger partial charge in [-0.3, -0.25) is 0 Å². The SMILES string of the molecule is COc1c(C(C)(C)C)cc(C2=Cc3ccc(C(=O)O)cc3OC2)cc1C(C)(C)C. The highest BCUT2D eigenvalue weighted by Crippen LogP contribution is 2.42. The number of carboxylic acids is 1. The third kappa shape index (κ3) is 4.16. The van der Waals surface area contributed by atoms with E-state index in [1.165, 1.54) is 0 Å². The van der Waals surface area contributed by atoms with E-state index in [4.69, 9.17) is 9.47 Å². The van der Waals surface area contributed by atoms with Crippen LogP contribution in [-0.2, 0) is 10.8 Å². The molecule has 0 spiro atoms. The fourth-order valence-electron chi connectivity index (χ4n) is 3.61. The first-order valence-corrected chi connectivity index (χ1v) is 9.86. The third-order valence-electron chi connectivity index (χ3n) is 5.25. The van der Waals surface area contributed by atoms with E-state index in [2.05, 4.69) is 59.8 Å². The van der Waals surface area contributed by atoms with Crippen molar-refractivity contribution in [1.29, 1.82) is 0 Å². The van der Waals surface area contributed by atoms with Gasteiger partial charge in [0.25, 0.3) is 0 Å². The van der Waals surface area contributed by atoms with Gasteiger partial charge < -0.3 is 14.6 Å². The minimum absolute atomic E-state index is 0.0776. The van der Waals surface area contributed by atoms with Crippen molar-refractivity contribution in [3.63, 3.8) is 0 Å². The van der Waals surface area contributed by atoms with Gasteiger partial charge in [0.1, 0.15) is 18.1 Å². The molecule has 0 unspecified atom stereocenters. The lowest BCUT2D eigenvalue weighted by atomic mass is 9.77. The van der Waals surface area contributed by atoms with E-state index in [1.807, 2.05) is 0 Å². The Kier molecular flexibility index (Phi) is 5.24. The summed E-state index contributed by atoms with van der Waals surface area (Å²) in [7, 11) is 1.73. The van der Waals surface area contributed by atoms with Crippen LogP contribution in [0.3, 0.4) is 0 Å². The largest absolute Gasteiger partial charge is 0.496 e. The first kappa shape index (κ1) is 21.0. The molecular formula is C25H30O4. The highest BCUT2D eigenvalue weighted by Gasteiger charge is 2.28. The predicted molar refractivity (Wildman–Crippen MR) is 117 cm³/mol. The molecule has 1 heterocycles. The monoisotopic (exact) mass is 394 g/mol. The molecule has 0 atom stereocenters. The summed E-state index contributed by atoms with van der Waals surface area (Å²) in [5.41, 5.74) is 5.47. The molecule has 0 amide bonds. The third-order valence-corrected chi connectivity index (χ3v) is 5.25. The maximum Gasteiger partial charge on any atom is 0.335 e. The number of benzene rings is 2. The van der Waals surface area contributed by atoms with Crippen LogP contribution >= 0.6 is 0 Å². The number of hydrogen-bond acceptors (Lipinski definition) is 3. The Balaban J connectivity index is 2.17. The summed E-state index contributed by atoms with van der Waals surface area (Å²) in [6.07, 6.45) is 2.09. The molecule has 4 nitrogen and oxygen atoms in total. The molecule has 1 aliphatic heterocycles. The number of fused-ring (bicyclic) bond motifs is 1. The minimum atomic E-state index is -0.953. The molecule has 0 saturated carbocycles. The zero-order chi connectivity index (χ0) is 21.6. The smallest absolute Gasteiger partial charge is 0.335 e. The molecule has 2 aromatic carbocycles. The summed E-state index contributed by atoms with van der Waals surface area (Å²) in [5, 5.41) is 9.20. The highest BCUT2D eigenvalue weighted by molar-refractivity contribution is 5.91. The normalized spacial score (nSPS) is 14.0. The Morgan fingerprint density at radius 2 is 1.59 bits per heavy atom. The van der Waals surface area contributed by atoms with Crippen LogP contribution in [0.1, 0.15) is 74.2 Å². The fourth-order valence-corrected chi connectivity index (χ4v) is 3.61. The highest BCUT2D eigenvalue weighted by atomic mass is 16.5. The molecule has 0 aliphatic carbocycles. The summed E-state index contributed by atoms with van der Waals surface area (Å²) in [5.74, 6) is 0.595. The lowest BCUT2D eigenvalue weighted by molar-refractivity contribution is 0.0696. The summed E-state index contributed by atoms with van der Waals surface area (Å²) >= 11 is 0. The van der Waals surface area contributed by atoms with Crippen LogP contribution in [0.5, 0.6) is 11.5 Å². The van der Waals surface area contributed by atoms with Crippen LogP contribution < -0.4 is 9.47 Å². The number of carbonyl (C=O) groups is 1. The fraction of sp³-hybridized carbons (Fsp3) is 0.400. The molecule has 0 radical (unpaired) electrons. The van der Waals surface area contributed by atoms with Crippen LogP contribution in [0.15, 0.2) is 30.3 Å². The Bertz CT molecular complexity index is 950. The van der Waals surface area contributed by atoms with Gasteiger partial charge in [0.15, 0.2) is 0 Å². The second kappa shape index (κ2) is 7.25. The first-order valence-electron chi connectivity index (χ1n) is 9.86. The van der Waals surface area contributed by atoms with E-state index in [1.54, 1.807) is 25.3 Å². The van der Waals surface area contributed by atoms with Crippen molar-refractivity contribution in [2.24, 2.45) is 0 Å². The van der Waals surface area contributed by atoms with E-state index in [9.17, 15) is 9.90 Å². The second-order valence-corrected chi connectivity index (χ2v) is 9.62. The van der Waals surface area contributed by atoms with Crippen molar-refractivity contribution in [3.8, 4) is 11.5 Å². The molecule has 2 aromatic rings. The van der Waals surface area contributed by atoms with E-state index in [0.29, 0.717) is 12.4 Å². The van der Waals surface area contributed by atoms with Crippen LogP contribution in [0, 0.1) is 0 Å². The van der Waals surface area contributed by atoms with Crippen molar-refractivity contribution in [2.75, 3.05) is 13.7 Å². The molecule has 4 heteroatoms. The number of methoxy groups -OCH3 is 1. The standard InChI is InChI=1S/C25H30O4/c1-24(2,3)19-11-17(12-20(22(19)28-7)25(4,5)6)18-10-15-8-9-16(23(26)27)13-21(15)29-14-18/h8-13H,14H2,1-7H3,(H,26,27). The van der Waals surface area contributed by atoms with Gasteiger partial charge in [-0.05, 0) is 52.3 Å². The molecule has 1 aliphatic rings. The van der Waals surface area contributed by atoms with Gasteiger partial charge in [-0.1, -0.05) is 47.6 Å². The number of hydrogen-bond donors (Lipinski definition) is 1. The summed E-state index contributed by atoms with van der Waals surface area (Å²) < 4.78 is 11.8. The molecular weight excluding hydrogens is 364 g/mol. The predicted octanol–water partition coefficient (Wildman–Crippen LogP) is 5.92. The van der Waals surface area contributed by atoms with Crippen LogP contribution in [0.25, 0.3) is 11.6 Å². The van der Waals surface area contributed by atoms with Gasteiger partial charge in [-0.25, -0.2) is 4.79 Å². The molecule has 3 rings (SSSR count). The van der Waals surface area contributed by atoms with Gasteiger partial charge in [-0.2, -0.15) is 0 Å². The van der Waals surface area contributed by atoms with Crippen LogP contribution in [0.4, 0.5) is 0 Å². The molecule has 29 heavy (non-hydrogen) atoms. The first-order chi connectivity index (χ1) is 13.4. The quantitative estimate of drug-likeness (QED) is 0.702. The van der Waals surface area contributed by atoms with E-state index in [0.717, 1.165) is 33.6 Å². The summed E-state index contributed by atoms with van der Waals surface area (Å²) in [4.78, 5) is 11.2. The van der Waals surface area contributed by atoms with Crippen molar-refractivity contribution in [1.82, 2.24) is 0 Å². The molecule has 0 fully saturated rings. The lowest BCUT2D eigenvalue weighted by Gasteiger charge is -2.30. The second-order valence-electron chi connectivity index (χ2n) is 9.62. The Labute approximate surface area is 173 Å². The Morgan fingerprint density at radius 1 is 1.00 bits per heavy atom. The summed E-state index contributed by atoms with van der Waals surface area (Å²) in [6, 6.07) is 9.38. The van der Waals surface area contributed by atoms with E-state index >= 15 is 0 Å². The van der Waals surface area contributed by atoms with Crippen molar-refractivity contribution in [3.05, 3.63) is 58.1 Å². The van der Waals surface area contributed by atoms with Crippen molar-refractivity contribution < 1.29 is 19.4 Å². The minimum Gasteiger partial charge on any atom is -0.496 e. The lowest BCUT2D eigenvalue weighted by Crippen LogP contribution is -2.20. The van der Waals surface area contributed by atoms with Crippen molar-refractivity contribution in [2.45, 2.75) is 52.4 Å². The Morgan fingerprint density at radius 3 is 2.07 bits per heavy atom.